The lowest BCUT2D eigenvalue weighted by Gasteiger charge is -2.39. The van der Waals surface area contributed by atoms with E-state index in [4.69, 9.17) is 22.1 Å². The van der Waals surface area contributed by atoms with Gasteiger partial charge in [-0.2, -0.15) is 0 Å². The zero-order chi connectivity index (χ0) is 26.4. The lowest BCUT2D eigenvalue weighted by atomic mass is 9.91. The normalized spacial score (nSPS) is 16.4. The fourth-order valence-corrected chi connectivity index (χ4v) is 4.89. The van der Waals surface area contributed by atoms with Crippen LogP contribution in [0.4, 0.5) is 10.5 Å². The van der Waals surface area contributed by atoms with Crippen molar-refractivity contribution in [2.75, 3.05) is 32.5 Å². The Morgan fingerprint density at radius 1 is 1.14 bits per heavy atom. The molecule has 0 bridgehead atoms. The van der Waals surface area contributed by atoms with Crippen molar-refractivity contribution in [1.29, 1.82) is 0 Å². The van der Waals surface area contributed by atoms with E-state index in [1.54, 1.807) is 6.07 Å². The van der Waals surface area contributed by atoms with E-state index in [-0.39, 0.29) is 18.0 Å². The van der Waals surface area contributed by atoms with Crippen LogP contribution in [0.1, 0.15) is 67.1 Å². The predicted molar refractivity (Wildman–Crippen MR) is 143 cm³/mol. The van der Waals surface area contributed by atoms with Gasteiger partial charge in [-0.05, 0) is 61.9 Å². The zero-order valence-corrected chi connectivity index (χ0v) is 22.1. The number of hydrogen-bond donors (Lipinski definition) is 4. The molecular formula is C27H37ClN4O4. The number of nitrogen functional groups attached to an aromatic ring is 1. The van der Waals surface area contributed by atoms with Gasteiger partial charge in [0.2, 0.25) is 0 Å². The number of nitrogens with one attached hydrogen (secondary N) is 2. The summed E-state index contributed by atoms with van der Waals surface area (Å²) < 4.78 is 5.29. The number of anilines is 1. The Bertz CT molecular complexity index is 1050. The topological polar surface area (TPSA) is 117 Å². The summed E-state index contributed by atoms with van der Waals surface area (Å²) in [5, 5.41) is 15.5. The molecule has 36 heavy (non-hydrogen) atoms. The Labute approximate surface area is 218 Å². The number of rotatable bonds is 9. The summed E-state index contributed by atoms with van der Waals surface area (Å²) in [6.07, 6.45) is 0.766. The van der Waals surface area contributed by atoms with E-state index in [1.165, 1.54) is 18.7 Å². The van der Waals surface area contributed by atoms with E-state index >= 15 is 0 Å². The van der Waals surface area contributed by atoms with Crippen molar-refractivity contribution < 1.29 is 19.4 Å². The summed E-state index contributed by atoms with van der Waals surface area (Å²) >= 11 is 6.10. The van der Waals surface area contributed by atoms with Crippen LogP contribution in [-0.4, -0.2) is 54.8 Å². The number of benzene rings is 2. The molecule has 1 aliphatic heterocycles. The van der Waals surface area contributed by atoms with Gasteiger partial charge in [0, 0.05) is 18.7 Å². The number of methoxy groups -OCH3 is 1. The molecule has 2 aromatic carbocycles. The van der Waals surface area contributed by atoms with Crippen molar-refractivity contribution in [2.24, 2.45) is 5.92 Å². The van der Waals surface area contributed by atoms with Crippen molar-refractivity contribution in [3.8, 4) is 5.75 Å². The van der Waals surface area contributed by atoms with Gasteiger partial charge < -0.3 is 26.2 Å². The monoisotopic (exact) mass is 516 g/mol. The van der Waals surface area contributed by atoms with Gasteiger partial charge in [0.1, 0.15) is 5.75 Å². The molecular weight excluding hydrogens is 480 g/mol. The molecule has 8 nitrogen and oxygen atoms in total. The number of carbonyl (C=O) groups excluding carboxylic acids is 1. The summed E-state index contributed by atoms with van der Waals surface area (Å²) in [6.45, 7) is 8.52. The van der Waals surface area contributed by atoms with Gasteiger partial charge in [-0.1, -0.05) is 49.7 Å². The minimum absolute atomic E-state index is 0.0114. The minimum Gasteiger partial charge on any atom is -0.496 e. The van der Waals surface area contributed by atoms with Crippen LogP contribution in [0.15, 0.2) is 36.4 Å². The lowest BCUT2D eigenvalue weighted by Crippen LogP contribution is -2.48. The second-order valence-corrected chi connectivity index (χ2v) is 10.2. The molecule has 9 heteroatoms. The molecule has 5 N–H and O–H groups in total. The highest BCUT2D eigenvalue weighted by Crippen LogP contribution is 2.30. The van der Waals surface area contributed by atoms with Crippen LogP contribution in [0.25, 0.3) is 0 Å². The van der Waals surface area contributed by atoms with E-state index in [1.807, 2.05) is 12.1 Å². The third-order valence-corrected chi connectivity index (χ3v) is 7.39. The summed E-state index contributed by atoms with van der Waals surface area (Å²) in [5.74, 6) is 0.875. The molecule has 0 aliphatic carbocycles. The highest BCUT2D eigenvalue weighted by molar-refractivity contribution is 6.33. The molecule has 0 radical (unpaired) electrons. The number of carboxylic acid groups (broad SMARTS) is 1. The number of ether oxygens (including phenoxy) is 1. The Hall–Kier alpha value is -2.97. The smallest absolute Gasteiger partial charge is 0.405 e. The standard InChI is InChI=1S/C27H37ClN4O4/c1-16(2)19-5-7-20(8-6-19)25(31-27(34)35)17(3)32-11-9-18(10-12-32)15-30-26(33)21-13-22(28)23(29)14-24(21)36-4/h5-8,13-14,16-18,25,31H,9-12,15,29H2,1-4H3,(H,30,33)(H,34,35). The van der Waals surface area contributed by atoms with Crippen LogP contribution in [-0.2, 0) is 0 Å². The van der Waals surface area contributed by atoms with Gasteiger partial charge in [0.15, 0.2) is 0 Å². The molecule has 2 aromatic rings. The third-order valence-electron chi connectivity index (χ3n) is 7.06. The number of amides is 2. The first-order valence-corrected chi connectivity index (χ1v) is 12.7. The van der Waals surface area contributed by atoms with E-state index < -0.39 is 6.09 Å². The van der Waals surface area contributed by atoms with E-state index in [9.17, 15) is 14.7 Å². The first kappa shape index (κ1) is 27.6. The van der Waals surface area contributed by atoms with Crippen LogP contribution in [0.3, 0.4) is 0 Å². The summed E-state index contributed by atoms with van der Waals surface area (Å²) in [6, 6.07) is 10.9. The van der Waals surface area contributed by atoms with Crippen LogP contribution < -0.4 is 21.1 Å². The molecule has 1 fully saturated rings. The molecule has 1 saturated heterocycles. The van der Waals surface area contributed by atoms with Crippen molar-refractivity contribution in [3.63, 3.8) is 0 Å². The van der Waals surface area contributed by atoms with E-state index in [2.05, 4.69) is 48.4 Å². The summed E-state index contributed by atoms with van der Waals surface area (Å²) in [7, 11) is 1.49. The van der Waals surface area contributed by atoms with Crippen molar-refractivity contribution in [3.05, 3.63) is 58.1 Å². The Balaban J connectivity index is 1.58. The molecule has 1 aliphatic rings. The van der Waals surface area contributed by atoms with E-state index in [0.29, 0.717) is 40.4 Å². The van der Waals surface area contributed by atoms with Gasteiger partial charge >= 0.3 is 6.09 Å². The molecule has 0 spiro atoms. The molecule has 2 amide bonds. The largest absolute Gasteiger partial charge is 0.496 e. The molecule has 3 rings (SSSR count). The maximum absolute atomic E-state index is 12.8. The van der Waals surface area contributed by atoms with Gasteiger partial charge in [-0.3, -0.25) is 9.69 Å². The zero-order valence-electron chi connectivity index (χ0n) is 21.4. The first-order valence-electron chi connectivity index (χ1n) is 12.3. The Morgan fingerprint density at radius 3 is 2.31 bits per heavy atom. The van der Waals surface area contributed by atoms with Gasteiger partial charge in [-0.15, -0.1) is 0 Å². The van der Waals surface area contributed by atoms with Gasteiger partial charge in [-0.25, -0.2) is 4.79 Å². The predicted octanol–water partition coefficient (Wildman–Crippen LogP) is 4.89. The summed E-state index contributed by atoms with van der Waals surface area (Å²) in [5.41, 5.74) is 8.71. The Kier molecular flexibility index (Phi) is 9.45. The first-order chi connectivity index (χ1) is 17.1. The average molecular weight is 517 g/mol. The maximum Gasteiger partial charge on any atom is 0.405 e. The number of piperidine rings is 1. The number of carbonyl (C=O) groups is 2. The Morgan fingerprint density at radius 2 is 1.75 bits per heavy atom. The van der Waals surface area contributed by atoms with Crippen LogP contribution in [0.5, 0.6) is 5.75 Å². The number of nitrogens with two attached hydrogens (primary N) is 1. The molecule has 2 unspecified atom stereocenters. The fourth-order valence-electron chi connectivity index (χ4n) is 4.73. The number of halogens is 1. The number of likely N-dealkylation sites (tertiary alicyclic amines) is 1. The van der Waals surface area contributed by atoms with Crippen LogP contribution >= 0.6 is 11.6 Å². The number of nitrogens with zero attached hydrogens (tertiary/aromatic N) is 1. The molecule has 2 atom stereocenters. The summed E-state index contributed by atoms with van der Waals surface area (Å²) in [4.78, 5) is 26.6. The van der Waals surface area contributed by atoms with Crippen LogP contribution in [0.2, 0.25) is 5.02 Å². The fraction of sp³-hybridized carbons (Fsp3) is 0.481. The lowest BCUT2D eigenvalue weighted by molar-refractivity contribution is 0.0909. The van der Waals surface area contributed by atoms with Gasteiger partial charge in [0.05, 0.1) is 29.4 Å². The minimum atomic E-state index is -1.03. The number of hydrogen-bond acceptors (Lipinski definition) is 5. The molecule has 0 aromatic heterocycles. The maximum atomic E-state index is 12.8. The molecule has 0 saturated carbocycles. The van der Waals surface area contributed by atoms with Crippen LogP contribution in [0, 0.1) is 5.92 Å². The van der Waals surface area contributed by atoms with Crippen molar-refractivity contribution in [2.45, 2.75) is 51.6 Å². The SMILES string of the molecule is COc1cc(N)c(Cl)cc1C(=O)NCC1CCN(C(C)C(NC(=O)O)c2ccc(C(C)C)cc2)CC1. The third kappa shape index (κ3) is 6.83. The second-order valence-electron chi connectivity index (χ2n) is 9.75. The second kappa shape index (κ2) is 12.3. The highest BCUT2D eigenvalue weighted by atomic mass is 35.5. The average Bonchev–Trinajstić information content (AvgIpc) is 2.87. The molecule has 196 valence electrons. The highest BCUT2D eigenvalue weighted by Gasteiger charge is 2.30. The molecule has 1 heterocycles. The quantitative estimate of drug-likeness (QED) is 0.352. The van der Waals surface area contributed by atoms with Crippen molar-refractivity contribution in [1.82, 2.24) is 15.5 Å². The van der Waals surface area contributed by atoms with Gasteiger partial charge in [0.25, 0.3) is 5.91 Å². The van der Waals surface area contributed by atoms with Crippen molar-refractivity contribution >= 4 is 29.3 Å². The van der Waals surface area contributed by atoms with E-state index in [0.717, 1.165) is 31.5 Å².